The lowest BCUT2D eigenvalue weighted by molar-refractivity contribution is 0.281. The second kappa shape index (κ2) is 6.15. The molecule has 1 heterocycles. The quantitative estimate of drug-likeness (QED) is 0.851. The Morgan fingerprint density at radius 1 is 1.33 bits per heavy atom. The Bertz CT molecular complexity index is 655. The van der Waals surface area contributed by atoms with E-state index in [4.69, 9.17) is 21.6 Å². The maximum Gasteiger partial charge on any atom is 0.186 e. The molecule has 0 radical (unpaired) electrons. The predicted octanol–water partition coefficient (Wildman–Crippen LogP) is 3.15. The third kappa shape index (κ3) is 3.01. The highest BCUT2D eigenvalue weighted by Crippen LogP contribution is 2.37. The predicted molar refractivity (Wildman–Crippen MR) is 78.3 cm³/mol. The fourth-order valence-corrected chi connectivity index (χ4v) is 2.56. The molecule has 5 nitrogen and oxygen atoms in total. The van der Waals surface area contributed by atoms with Gasteiger partial charge in [-0.1, -0.05) is 23.2 Å². The van der Waals surface area contributed by atoms with Crippen molar-refractivity contribution in [3.8, 4) is 11.8 Å². The molecule has 0 saturated heterocycles. The van der Waals surface area contributed by atoms with Crippen LogP contribution in [-0.4, -0.2) is 21.6 Å². The second-order valence-corrected chi connectivity index (χ2v) is 5.52. The Morgan fingerprint density at radius 3 is 2.71 bits per heavy atom. The lowest BCUT2D eigenvalue weighted by atomic mass is 9.82. The summed E-state index contributed by atoms with van der Waals surface area (Å²) in [7, 11) is 0. The van der Waals surface area contributed by atoms with Crippen molar-refractivity contribution in [3.05, 3.63) is 40.7 Å². The number of halogens is 1. The molecule has 0 unspecified atom stereocenters. The molecule has 0 aliphatic heterocycles. The van der Waals surface area contributed by atoms with E-state index in [0.29, 0.717) is 29.8 Å². The lowest BCUT2D eigenvalue weighted by Crippen LogP contribution is -2.19. The summed E-state index contributed by atoms with van der Waals surface area (Å²) in [6.07, 6.45) is 3.43. The molecule has 6 heteroatoms. The zero-order chi connectivity index (χ0) is 14.7. The molecular weight excluding hydrogens is 288 g/mol. The Hall–Kier alpha value is -2.06. The summed E-state index contributed by atoms with van der Waals surface area (Å²) in [6, 6.07) is 9.37. The van der Waals surface area contributed by atoms with Crippen LogP contribution in [0.15, 0.2) is 24.3 Å². The Balaban J connectivity index is 1.64. The number of aromatic nitrogens is 3. The summed E-state index contributed by atoms with van der Waals surface area (Å²) in [6.45, 7) is 1.07. The Morgan fingerprint density at radius 2 is 2.10 bits per heavy atom. The Labute approximate surface area is 128 Å². The van der Waals surface area contributed by atoms with Crippen LogP contribution in [-0.2, 0) is 6.54 Å². The molecule has 1 fully saturated rings. The molecule has 2 aromatic rings. The number of ether oxygens (including phenoxy) is 1. The summed E-state index contributed by atoms with van der Waals surface area (Å²) in [4.78, 5) is 0. The molecule has 1 aliphatic rings. The molecule has 108 valence electrons. The van der Waals surface area contributed by atoms with E-state index in [1.807, 2.05) is 12.1 Å². The van der Waals surface area contributed by atoms with Crippen LogP contribution in [0.2, 0.25) is 5.02 Å². The standard InChI is InChI=1S/C15H15ClN4O/c16-12-4-6-13(7-5-12)21-9-8-20-15(11-2-1-3-11)14(10-17)18-19-20/h4-7,11H,1-3,8-9H2. The van der Waals surface area contributed by atoms with Crippen molar-refractivity contribution in [1.82, 2.24) is 15.0 Å². The first kappa shape index (κ1) is 13.9. The summed E-state index contributed by atoms with van der Waals surface area (Å²) in [5.41, 5.74) is 1.41. The number of benzene rings is 1. The summed E-state index contributed by atoms with van der Waals surface area (Å²) in [5.74, 6) is 1.19. The molecule has 21 heavy (non-hydrogen) atoms. The molecule has 0 amide bonds. The van der Waals surface area contributed by atoms with Gasteiger partial charge in [-0.2, -0.15) is 5.26 Å². The average molecular weight is 303 g/mol. The molecule has 0 bridgehead atoms. The van der Waals surface area contributed by atoms with Crippen molar-refractivity contribution in [3.63, 3.8) is 0 Å². The smallest absolute Gasteiger partial charge is 0.186 e. The number of hydrogen-bond acceptors (Lipinski definition) is 4. The van der Waals surface area contributed by atoms with E-state index in [1.54, 1.807) is 16.8 Å². The van der Waals surface area contributed by atoms with Gasteiger partial charge in [0.2, 0.25) is 0 Å². The van der Waals surface area contributed by atoms with Crippen LogP contribution in [0.5, 0.6) is 5.75 Å². The molecule has 3 rings (SSSR count). The van der Waals surface area contributed by atoms with Crippen molar-refractivity contribution in [1.29, 1.82) is 5.26 Å². The van der Waals surface area contributed by atoms with Crippen LogP contribution in [0.3, 0.4) is 0 Å². The summed E-state index contributed by atoms with van der Waals surface area (Å²) in [5, 5.41) is 17.8. The minimum absolute atomic E-state index is 0.421. The number of hydrogen-bond donors (Lipinski definition) is 0. The third-order valence-corrected chi connectivity index (χ3v) is 4.01. The highest BCUT2D eigenvalue weighted by molar-refractivity contribution is 6.30. The molecule has 1 aliphatic carbocycles. The maximum atomic E-state index is 9.12. The van der Waals surface area contributed by atoms with E-state index < -0.39 is 0 Å². The van der Waals surface area contributed by atoms with E-state index in [2.05, 4.69) is 16.4 Å². The van der Waals surface area contributed by atoms with Crippen molar-refractivity contribution in [2.45, 2.75) is 31.7 Å². The van der Waals surface area contributed by atoms with Gasteiger partial charge in [0.1, 0.15) is 18.4 Å². The van der Waals surface area contributed by atoms with Crippen LogP contribution in [0.1, 0.15) is 36.6 Å². The van der Waals surface area contributed by atoms with Crippen molar-refractivity contribution in [2.24, 2.45) is 0 Å². The highest BCUT2D eigenvalue weighted by atomic mass is 35.5. The summed E-state index contributed by atoms with van der Waals surface area (Å²) >= 11 is 5.83. The maximum absolute atomic E-state index is 9.12. The normalized spacial score (nSPS) is 14.5. The first-order valence-corrected chi connectivity index (χ1v) is 7.37. The SMILES string of the molecule is N#Cc1nnn(CCOc2ccc(Cl)cc2)c1C1CCC1. The minimum atomic E-state index is 0.421. The topological polar surface area (TPSA) is 63.7 Å². The van der Waals surface area contributed by atoms with Gasteiger partial charge in [0.15, 0.2) is 5.69 Å². The van der Waals surface area contributed by atoms with Gasteiger partial charge in [0, 0.05) is 10.9 Å². The number of rotatable bonds is 5. The van der Waals surface area contributed by atoms with E-state index in [0.717, 1.165) is 24.3 Å². The van der Waals surface area contributed by atoms with E-state index in [9.17, 15) is 0 Å². The third-order valence-electron chi connectivity index (χ3n) is 3.76. The number of nitriles is 1. The van der Waals surface area contributed by atoms with Crippen LogP contribution in [0.4, 0.5) is 0 Å². The van der Waals surface area contributed by atoms with Gasteiger partial charge in [0.25, 0.3) is 0 Å². The van der Waals surface area contributed by atoms with E-state index in [1.165, 1.54) is 6.42 Å². The highest BCUT2D eigenvalue weighted by Gasteiger charge is 2.27. The van der Waals surface area contributed by atoms with Gasteiger partial charge in [-0.15, -0.1) is 5.10 Å². The number of nitrogens with zero attached hydrogens (tertiary/aromatic N) is 4. The van der Waals surface area contributed by atoms with Gasteiger partial charge < -0.3 is 4.74 Å². The molecule has 0 atom stereocenters. The van der Waals surface area contributed by atoms with E-state index >= 15 is 0 Å². The summed E-state index contributed by atoms with van der Waals surface area (Å²) < 4.78 is 7.47. The van der Waals surface area contributed by atoms with E-state index in [-0.39, 0.29) is 0 Å². The zero-order valence-electron chi connectivity index (χ0n) is 11.5. The van der Waals surface area contributed by atoms with Crippen LogP contribution in [0, 0.1) is 11.3 Å². The van der Waals surface area contributed by atoms with Gasteiger partial charge in [-0.3, -0.25) is 0 Å². The largest absolute Gasteiger partial charge is 0.492 e. The van der Waals surface area contributed by atoms with Gasteiger partial charge in [-0.05, 0) is 37.1 Å². The van der Waals surface area contributed by atoms with Crippen LogP contribution in [0.25, 0.3) is 0 Å². The first-order chi connectivity index (χ1) is 10.3. The molecule has 0 spiro atoms. The molecule has 0 N–H and O–H groups in total. The van der Waals surface area contributed by atoms with Crippen LogP contribution < -0.4 is 4.74 Å². The van der Waals surface area contributed by atoms with Crippen molar-refractivity contribution >= 4 is 11.6 Å². The molecule has 1 saturated carbocycles. The fourth-order valence-electron chi connectivity index (χ4n) is 2.43. The monoisotopic (exact) mass is 302 g/mol. The average Bonchev–Trinajstić information content (AvgIpc) is 2.82. The van der Waals surface area contributed by atoms with Crippen molar-refractivity contribution < 1.29 is 4.74 Å². The second-order valence-electron chi connectivity index (χ2n) is 5.09. The molecule has 1 aromatic carbocycles. The lowest BCUT2D eigenvalue weighted by Gasteiger charge is -2.25. The van der Waals surface area contributed by atoms with Crippen LogP contribution >= 0.6 is 11.6 Å². The van der Waals surface area contributed by atoms with Crippen molar-refractivity contribution in [2.75, 3.05) is 6.61 Å². The fraction of sp³-hybridized carbons (Fsp3) is 0.400. The van der Waals surface area contributed by atoms with Gasteiger partial charge in [-0.25, -0.2) is 4.68 Å². The first-order valence-electron chi connectivity index (χ1n) is 7.00. The molecular formula is C15H15ClN4O. The van der Waals surface area contributed by atoms with Gasteiger partial charge in [0.05, 0.1) is 12.2 Å². The minimum Gasteiger partial charge on any atom is -0.492 e. The molecule has 1 aromatic heterocycles. The zero-order valence-corrected chi connectivity index (χ0v) is 12.3. The Kier molecular flexibility index (Phi) is 4.07. The van der Waals surface area contributed by atoms with Gasteiger partial charge >= 0.3 is 0 Å².